The number of carbonyl (C=O) groups excluding carboxylic acids is 2. The van der Waals surface area contributed by atoms with Crippen LogP contribution in [0, 0.1) is 23.7 Å². The first-order chi connectivity index (χ1) is 6.27. The Kier molecular flexibility index (Phi) is 1.33. The maximum absolute atomic E-state index is 11.6. The lowest BCUT2D eigenvalue weighted by Gasteiger charge is -2.39. The fraction of sp³-hybridized carbons (Fsp3) is 0.636. The minimum Gasteiger partial charge on any atom is -0.299 e. The van der Waals surface area contributed by atoms with Gasteiger partial charge in [0.05, 0.1) is 6.42 Å². The van der Waals surface area contributed by atoms with Crippen LogP contribution in [0.5, 0.6) is 0 Å². The lowest BCUT2D eigenvalue weighted by molar-refractivity contribution is -0.124. The molecule has 0 aliphatic heterocycles. The molecule has 0 saturated heterocycles. The van der Waals surface area contributed by atoms with Gasteiger partial charge in [-0.15, -0.1) is 0 Å². The Bertz CT molecular complexity index is 286. The summed E-state index contributed by atoms with van der Waals surface area (Å²) in [5, 5.41) is 0. The van der Waals surface area contributed by atoms with Gasteiger partial charge in [0, 0.05) is 11.8 Å². The molecule has 0 radical (unpaired) electrons. The van der Waals surface area contributed by atoms with Crippen LogP contribution in [0.1, 0.15) is 19.3 Å². The molecule has 4 rings (SSSR count). The number of hydrogen-bond donors (Lipinski definition) is 0. The highest BCUT2D eigenvalue weighted by atomic mass is 16.2. The second-order valence-corrected chi connectivity index (χ2v) is 4.45. The third-order valence-electron chi connectivity index (χ3n) is 3.84. The standard InChI is InChI=1S/C11H12O2/c12-8-5-9(13)11-7-2-1-6(3-4-7)10(8)11/h1-2,6-7,10-11H,3-5H2. The zero-order chi connectivity index (χ0) is 9.00. The second kappa shape index (κ2) is 2.31. The van der Waals surface area contributed by atoms with Gasteiger partial charge in [-0.05, 0) is 24.7 Å². The maximum atomic E-state index is 11.6. The molecule has 0 N–H and O–H groups in total. The van der Waals surface area contributed by atoms with E-state index in [-0.39, 0.29) is 29.8 Å². The summed E-state index contributed by atoms with van der Waals surface area (Å²) in [5.74, 6) is 1.30. The molecule has 4 atom stereocenters. The summed E-state index contributed by atoms with van der Waals surface area (Å²) in [5.41, 5.74) is 0. The van der Waals surface area contributed by atoms with Crippen molar-refractivity contribution in [3.05, 3.63) is 12.2 Å². The van der Waals surface area contributed by atoms with Gasteiger partial charge < -0.3 is 0 Å². The quantitative estimate of drug-likeness (QED) is 0.412. The number of fused-ring (bicyclic) bond motifs is 1. The fourth-order valence-electron chi connectivity index (χ4n) is 3.28. The van der Waals surface area contributed by atoms with E-state index in [2.05, 4.69) is 12.2 Å². The molecule has 0 aromatic heterocycles. The van der Waals surface area contributed by atoms with Crippen LogP contribution in [0.2, 0.25) is 0 Å². The van der Waals surface area contributed by atoms with Crippen LogP contribution in [0.3, 0.4) is 0 Å². The average Bonchev–Trinajstić information content (AvgIpc) is 2.47. The van der Waals surface area contributed by atoms with E-state index in [1.807, 2.05) is 0 Å². The van der Waals surface area contributed by atoms with Gasteiger partial charge in [-0.3, -0.25) is 9.59 Å². The largest absolute Gasteiger partial charge is 0.299 e. The molecule has 2 fully saturated rings. The maximum Gasteiger partial charge on any atom is 0.144 e. The Labute approximate surface area is 77.0 Å². The first kappa shape index (κ1) is 7.48. The molecule has 0 heterocycles. The van der Waals surface area contributed by atoms with Crippen LogP contribution in [0.25, 0.3) is 0 Å². The minimum absolute atomic E-state index is 0.0660. The fourth-order valence-corrected chi connectivity index (χ4v) is 3.28. The first-order valence-corrected chi connectivity index (χ1v) is 5.01. The van der Waals surface area contributed by atoms with Crippen molar-refractivity contribution in [1.29, 1.82) is 0 Å². The third kappa shape index (κ3) is 0.835. The highest BCUT2D eigenvalue weighted by molar-refractivity contribution is 6.09. The van der Waals surface area contributed by atoms with Crippen molar-refractivity contribution in [2.45, 2.75) is 19.3 Å². The number of allylic oxidation sites excluding steroid dienone is 2. The molecule has 68 valence electrons. The van der Waals surface area contributed by atoms with Crippen molar-refractivity contribution in [2.75, 3.05) is 0 Å². The molecule has 0 amide bonds. The predicted molar refractivity (Wildman–Crippen MR) is 47.0 cm³/mol. The molecule has 0 aromatic rings. The molecule has 4 aliphatic carbocycles. The van der Waals surface area contributed by atoms with E-state index < -0.39 is 0 Å². The molecule has 2 nitrogen and oxygen atoms in total. The van der Waals surface area contributed by atoms with Crippen molar-refractivity contribution in [1.82, 2.24) is 0 Å². The summed E-state index contributed by atoms with van der Waals surface area (Å²) in [6.07, 6.45) is 6.75. The molecule has 0 aromatic carbocycles. The Hall–Kier alpha value is -0.920. The summed E-state index contributed by atoms with van der Waals surface area (Å²) in [6.45, 7) is 0. The monoisotopic (exact) mass is 176 g/mol. The lowest BCUT2D eigenvalue weighted by Crippen LogP contribution is -2.38. The first-order valence-electron chi connectivity index (χ1n) is 5.01. The van der Waals surface area contributed by atoms with Gasteiger partial charge in [-0.25, -0.2) is 0 Å². The van der Waals surface area contributed by atoms with Crippen LogP contribution >= 0.6 is 0 Å². The highest BCUT2D eigenvalue weighted by Crippen LogP contribution is 2.49. The van der Waals surface area contributed by atoms with Crippen LogP contribution in [-0.2, 0) is 9.59 Å². The van der Waals surface area contributed by atoms with Gasteiger partial charge in [0.2, 0.25) is 0 Å². The minimum atomic E-state index is 0.0660. The van der Waals surface area contributed by atoms with E-state index in [0.717, 1.165) is 12.8 Å². The lowest BCUT2D eigenvalue weighted by atomic mass is 9.63. The summed E-state index contributed by atoms with van der Waals surface area (Å²) >= 11 is 0. The van der Waals surface area contributed by atoms with Gasteiger partial charge in [-0.1, -0.05) is 12.2 Å². The van der Waals surface area contributed by atoms with E-state index in [9.17, 15) is 9.59 Å². The van der Waals surface area contributed by atoms with Gasteiger partial charge in [0.15, 0.2) is 0 Å². The summed E-state index contributed by atoms with van der Waals surface area (Å²) in [6, 6.07) is 0. The molecule has 4 unspecified atom stereocenters. The third-order valence-corrected chi connectivity index (χ3v) is 3.84. The summed E-state index contributed by atoms with van der Waals surface area (Å²) < 4.78 is 0. The smallest absolute Gasteiger partial charge is 0.144 e. The van der Waals surface area contributed by atoms with Crippen molar-refractivity contribution < 1.29 is 9.59 Å². The van der Waals surface area contributed by atoms with Gasteiger partial charge in [-0.2, -0.15) is 0 Å². The predicted octanol–water partition coefficient (Wildman–Crippen LogP) is 1.36. The number of ketones is 2. The SMILES string of the molecule is O=C1CC(=O)C2C3C=CC(CC3)C12. The number of rotatable bonds is 0. The van der Waals surface area contributed by atoms with Gasteiger partial charge in [0.25, 0.3) is 0 Å². The molecule has 4 aliphatic rings. The zero-order valence-electron chi connectivity index (χ0n) is 7.40. The van der Waals surface area contributed by atoms with E-state index in [0.29, 0.717) is 11.8 Å². The van der Waals surface area contributed by atoms with E-state index >= 15 is 0 Å². The Morgan fingerprint density at radius 2 is 1.38 bits per heavy atom. The molecule has 2 bridgehead atoms. The second-order valence-electron chi connectivity index (χ2n) is 4.45. The van der Waals surface area contributed by atoms with E-state index in [1.54, 1.807) is 0 Å². The van der Waals surface area contributed by atoms with Gasteiger partial charge >= 0.3 is 0 Å². The van der Waals surface area contributed by atoms with Gasteiger partial charge in [0.1, 0.15) is 11.6 Å². The summed E-state index contributed by atoms with van der Waals surface area (Å²) in [7, 11) is 0. The number of carbonyl (C=O) groups is 2. The van der Waals surface area contributed by atoms with Crippen molar-refractivity contribution in [3.8, 4) is 0 Å². The Morgan fingerprint density at radius 3 is 1.77 bits per heavy atom. The molecule has 0 spiro atoms. The van der Waals surface area contributed by atoms with Crippen molar-refractivity contribution >= 4 is 11.6 Å². The number of hydrogen-bond acceptors (Lipinski definition) is 2. The molecule has 2 saturated carbocycles. The van der Waals surface area contributed by atoms with Crippen molar-refractivity contribution in [3.63, 3.8) is 0 Å². The molecule has 13 heavy (non-hydrogen) atoms. The molecular formula is C11H12O2. The Balaban J connectivity index is 2.07. The summed E-state index contributed by atoms with van der Waals surface area (Å²) in [4.78, 5) is 23.1. The van der Waals surface area contributed by atoms with E-state index in [4.69, 9.17) is 0 Å². The topological polar surface area (TPSA) is 34.1 Å². The van der Waals surface area contributed by atoms with Crippen LogP contribution in [-0.4, -0.2) is 11.6 Å². The number of Topliss-reactive ketones (excluding diaryl/α,β-unsaturated/α-hetero) is 2. The average molecular weight is 176 g/mol. The Morgan fingerprint density at radius 1 is 0.923 bits per heavy atom. The molecular weight excluding hydrogens is 164 g/mol. The van der Waals surface area contributed by atoms with Crippen LogP contribution in [0.15, 0.2) is 12.2 Å². The molecule has 2 heteroatoms. The van der Waals surface area contributed by atoms with Crippen molar-refractivity contribution in [2.24, 2.45) is 23.7 Å². The van der Waals surface area contributed by atoms with Crippen LogP contribution in [0.4, 0.5) is 0 Å². The van der Waals surface area contributed by atoms with E-state index in [1.165, 1.54) is 0 Å². The highest BCUT2D eigenvalue weighted by Gasteiger charge is 2.52. The zero-order valence-corrected chi connectivity index (χ0v) is 7.40. The normalized spacial score (nSPS) is 47.1. The van der Waals surface area contributed by atoms with Crippen LogP contribution < -0.4 is 0 Å².